The third kappa shape index (κ3) is 8.45. The molecule has 0 spiro atoms. The average Bonchev–Trinajstić information content (AvgIpc) is 3.61. The lowest BCUT2D eigenvalue weighted by Crippen LogP contribution is -2.13. The maximum Gasteiger partial charge on any atom is 0.120 e. The van der Waals surface area contributed by atoms with Gasteiger partial charge in [0.15, 0.2) is 0 Å². The topological polar surface area (TPSA) is 103 Å². The second-order valence-corrected chi connectivity index (χ2v) is 11.0. The predicted molar refractivity (Wildman–Crippen MR) is 165 cm³/mol. The van der Waals surface area contributed by atoms with Crippen LogP contribution < -0.4 is 16.2 Å². The van der Waals surface area contributed by atoms with Crippen LogP contribution >= 0.6 is 24.0 Å². The Morgan fingerprint density at radius 3 is 2.56 bits per heavy atom. The third-order valence-corrected chi connectivity index (χ3v) is 7.51. The van der Waals surface area contributed by atoms with Gasteiger partial charge in [0.2, 0.25) is 0 Å². The first-order chi connectivity index (χ1) is 18.9. The zero-order valence-corrected chi connectivity index (χ0v) is 24.0. The number of hydrogen-bond donors (Lipinski definition) is 4. The molecule has 0 amide bonds. The van der Waals surface area contributed by atoms with Crippen molar-refractivity contribution in [2.45, 2.75) is 44.0 Å². The van der Waals surface area contributed by atoms with Crippen molar-refractivity contribution >= 4 is 39.9 Å². The first-order valence-corrected chi connectivity index (χ1v) is 14.2. The molecule has 0 saturated heterocycles. The zero-order valence-electron chi connectivity index (χ0n) is 22.3. The number of aryl methyl sites for hydroxylation is 1. The van der Waals surface area contributed by atoms with Crippen molar-refractivity contribution in [1.29, 1.82) is 0 Å². The summed E-state index contributed by atoms with van der Waals surface area (Å²) in [5, 5.41) is 0.926. The second-order valence-electron chi connectivity index (χ2n) is 9.43. The molecule has 0 fully saturated rings. The van der Waals surface area contributed by atoms with Gasteiger partial charge in [0.05, 0.1) is 22.9 Å². The molecule has 5 N–H and O–H groups in total. The summed E-state index contributed by atoms with van der Waals surface area (Å²) in [7, 11) is 0. The largest absolute Gasteiger partial charge is 0.494 e. The fourth-order valence-electron chi connectivity index (χ4n) is 3.96. The van der Waals surface area contributed by atoms with Gasteiger partial charge in [-0.1, -0.05) is 42.0 Å². The molecule has 0 saturated carbocycles. The Balaban J connectivity index is 0.000000438. The summed E-state index contributed by atoms with van der Waals surface area (Å²) in [5.41, 5.74) is 17.8. The maximum atomic E-state index is 6.52. The first kappa shape index (κ1) is 28.4. The van der Waals surface area contributed by atoms with E-state index in [1.807, 2.05) is 80.7 Å². The number of thiazole rings is 1. The van der Waals surface area contributed by atoms with Crippen molar-refractivity contribution in [3.05, 3.63) is 113 Å². The van der Waals surface area contributed by atoms with Gasteiger partial charge >= 0.3 is 0 Å². The fourth-order valence-corrected chi connectivity index (χ4v) is 5.13. The van der Waals surface area contributed by atoms with Gasteiger partial charge in [0.25, 0.3) is 0 Å². The van der Waals surface area contributed by atoms with Crippen molar-refractivity contribution in [2.75, 3.05) is 6.61 Å². The molecule has 0 aliphatic rings. The molecule has 5 aromatic rings. The Morgan fingerprint density at radius 1 is 1.05 bits per heavy atom. The van der Waals surface area contributed by atoms with Crippen LogP contribution in [-0.4, -0.2) is 21.6 Å². The van der Waals surface area contributed by atoms with Crippen LogP contribution in [-0.2, 0) is 12.8 Å². The smallest absolute Gasteiger partial charge is 0.120 e. The number of aromatic amines is 1. The normalized spacial score (nSPS) is 11.5. The number of hydrogen-bond acceptors (Lipinski definition) is 7. The van der Waals surface area contributed by atoms with E-state index in [1.165, 1.54) is 0 Å². The van der Waals surface area contributed by atoms with Crippen molar-refractivity contribution in [1.82, 2.24) is 15.0 Å². The highest BCUT2D eigenvalue weighted by Crippen LogP contribution is 2.30. The van der Waals surface area contributed by atoms with Gasteiger partial charge in [-0.25, -0.2) is 9.97 Å². The predicted octanol–water partition coefficient (Wildman–Crippen LogP) is 6.96. The van der Waals surface area contributed by atoms with E-state index in [0.29, 0.717) is 13.0 Å². The van der Waals surface area contributed by atoms with Crippen molar-refractivity contribution in [3.8, 4) is 5.75 Å². The van der Waals surface area contributed by atoms with Gasteiger partial charge in [-0.2, -0.15) is 0 Å². The van der Waals surface area contributed by atoms with Crippen molar-refractivity contribution < 1.29 is 4.74 Å². The lowest BCUT2D eigenvalue weighted by atomic mass is 10.0. The fraction of sp³-hybridized carbons (Fsp3) is 0.226. The van der Waals surface area contributed by atoms with Crippen LogP contribution in [0.5, 0.6) is 5.75 Å². The third-order valence-electron chi connectivity index (χ3n) is 6.06. The van der Waals surface area contributed by atoms with E-state index in [9.17, 15) is 0 Å². The monoisotopic (exact) mass is 557 g/mol. The summed E-state index contributed by atoms with van der Waals surface area (Å²) in [6.07, 6.45) is 6.09. The Labute approximate surface area is 239 Å². The average molecular weight is 558 g/mol. The van der Waals surface area contributed by atoms with Gasteiger partial charge in [-0.15, -0.1) is 24.0 Å². The van der Waals surface area contributed by atoms with E-state index in [1.54, 1.807) is 17.5 Å². The van der Waals surface area contributed by atoms with E-state index in [4.69, 9.17) is 21.2 Å². The Morgan fingerprint density at radius 2 is 1.87 bits per heavy atom. The molecular weight excluding hydrogens is 523 g/mol. The number of allylic oxidation sites excluding steroid dienone is 1. The maximum absolute atomic E-state index is 6.52. The molecule has 2 heterocycles. The molecule has 1 atom stereocenters. The minimum absolute atomic E-state index is 0.173. The van der Waals surface area contributed by atoms with Crippen LogP contribution in [0, 0.1) is 0 Å². The summed E-state index contributed by atoms with van der Waals surface area (Å²) in [6, 6.07) is 23.9. The van der Waals surface area contributed by atoms with Crippen LogP contribution in [0.3, 0.4) is 0 Å². The lowest BCUT2D eigenvalue weighted by Gasteiger charge is -2.11. The molecule has 39 heavy (non-hydrogen) atoms. The summed E-state index contributed by atoms with van der Waals surface area (Å²) in [5.74, 6) is 1.84. The molecule has 3 aromatic carbocycles. The highest BCUT2D eigenvalue weighted by atomic mass is 32.1. The highest BCUT2D eigenvalue weighted by molar-refractivity contribution is 7.80. The number of benzene rings is 3. The standard InChI is InChI=1S/C25H29N5OS.C6H6S/c1-16(2)24(27)18-6-3-5-17(13-18)14-20(26)25-30-21-9-8-19(15-22(21)32-25)31-12-4-7-23-28-10-11-29-23;7-6-4-2-1-3-5-6/h3,5-6,8-11,13,15,20H,4,7,12,14,26-27H2,1-2H3,(H,28,29);1-5,7H. The number of fused-ring (bicyclic) bond motifs is 1. The Hall–Kier alpha value is -3.59. The summed E-state index contributed by atoms with van der Waals surface area (Å²) < 4.78 is 7.01. The number of thiol groups is 1. The number of rotatable bonds is 9. The molecule has 202 valence electrons. The molecule has 0 radical (unpaired) electrons. The van der Waals surface area contributed by atoms with Crippen molar-refractivity contribution in [2.24, 2.45) is 11.5 Å². The SMILES string of the molecule is CC(C)=C(N)c1cccc(CC(N)c2nc3ccc(OCCCc4ncc[nH]4)cc3s2)c1.Sc1ccccc1. The molecule has 6 nitrogen and oxygen atoms in total. The van der Waals surface area contributed by atoms with E-state index in [-0.39, 0.29) is 6.04 Å². The van der Waals surface area contributed by atoms with Crippen LogP contribution in [0.25, 0.3) is 15.9 Å². The van der Waals surface area contributed by atoms with Gasteiger partial charge in [0, 0.05) is 29.4 Å². The molecule has 2 aromatic heterocycles. The number of H-pyrrole nitrogens is 1. The molecule has 0 aliphatic carbocycles. The van der Waals surface area contributed by atoms with E-state index >= 15 is 0 Å². The second kappa shape index (κ2) is 14.0. The van der Waals surface area contributed by atoms with Crippen LogP contribution in [0.2, 0.25) is 0 Å². The minimum Gasteiger partial charge on any atom is -0.494 e. The van der Waals surface area contributed by atoms with Crippen LogP contribution in [0.15, 0.2) is 95.7 Å². The zero-order chi connectivity index (χ0) is 27.6. The quantitative estimate of drug-likeness (QED) is 0.116. The van der Waals surface area contributed by atoms with Crippen LogP contribution in [0.4, 0.5) is 0 Å². The van der Waals surface area contributed by atoms with Gasteiger partial charge in [-0.3, -0.25) is 0 Å². The van der Waals surface area contributed by atoms with E-state index in [0.717, 1.165) is 66.9 Å². The number of imidazole rings is 1. The number of nitrogens with two attached hydrogens (primary N) is 2. The highest BCUT2D eigenvalue weighted by Gasteiger charge is 2.14. The summed E-state index contributed by atoms with van der Waals surface area (Å²) in [6.45, 7) is 4.68. The van der Waals surface area contributed by atoms with Crippen LogP contribution in [0.1, 0.15) is 48.3 Å². The number of nitrogens with zero attached hydrogens (tertiary/aromatic N) is 2. The molecule has 0 aliphatic heterocycles. The number of aromatic nitrogens is 3. The Bertz CT molecular complexity index is 1490. The van der Waals surface area contributed by atoms with E-state index in [2.05, 4.69) is 34.7 Å². The number of ether oxygens (including phenoxy) is 1. The lowest BCUT2D eigenvalue weighted by molar-refractivity contribution is 0.310. The van der Waals surface area contributed by atoms with Crippen molar-refractivity contribution in [3.63, 3.8) is 0 Å². The first-order valence-electron chi connectivity index (χ1n) is 12.9. The van der Waals surface area contributed by atoms with Gasteiger partial charge < -0.3 is 21.2 Å². The number of nitrogens with one attached hydrogen (secondary N) is 1. The summed E-state index contributed by atoms with van der Waals surface area (Å²) in [4.78, 5) is 13.1. The minimum atomic E-state index is -0.173. The summed E-state index contributed by atoms with van der Waals surface area (Å²) >= 11 is 5.71. The molecular formula is C31H35N5OS2. The van der Waals surface area contributed by atoms with Gasteiger partial charge in [-0.05, 0) is 74.2 Å². The molecule has 1 unspecified atom stereocenters. The molecule has 8 heteroatoms. The molecule has 0 bridgehead atoms. The Kier molecular flexibility index (Phi) is 10.2. The van der Waals surface area contributed by atoms with E-state index < -0.39 is 0 Å². The molecule has 5 rings (SSSR count). The van der Waals surface area contributed by atoms with Gasteiger partial charge in [0.1, 0.15) is 16.6 Å².